The maximum atomic E-state index is 13.0. The van der Waals surface area contributed by atoms with Gasteiger partial charge in [-0.15, -0.1) is 0 Å². The molecule has 0 radical (unpaired) electrons. The number of hydrogen-bond donors (Lipinski definition) is 1. The number of rotatable bonds is 4. The molecule has 0 aromatic heterocycles. The van der Waals surface area contributed by atoms with E-state index in [0.29, 0.717) is 4.90 Å². The largest absolute Gasteiger partial charge is 0.447 e. The zero-order valence-electron chi connectivity index (χ0n) is 10.9. The number of halogens is 3. The molecule has 1 aromatic rings. The van der Waals surface area contributed by atoms with Gasteiger partial charge in [0.05, 0.1) is 13.0 Å². The van der Waals surface area contributed by atoms with Gasteiger partial charge in [0.2, 0.25) is 5.91 Å². The molecule has 114 valence electrons. The fourth-order valence-electron chi connectivity index (χ4n) is 1.89. The Morgan fingerprint density at radius 3 is 2.52 bits per heavy atom. The van der Waals surface area contributed by atoms with Gasteiger partial charge in [-0.3, -0.25) is 4.79 Å². The van der Waals surface area contributed by atoms with E-state index in [4.69, 9.17) is 0 Å². The van der Waals surface area contributed by atoms with Crippen LogP contribution in [0.1, 0.15) is 6.42 Å². The zero-order valence-corrected chi connectivity index (χ0v) is 10.9. The molecule has 1 fully saturated rings. The molecule has 0 bridgehead atoms. The van der Waals surface area contributed by atoms with Crippen molar-refractivity contribution in [1.82, 2.24) is 4.90 Å². The first-order chi connectivity index (χ1) is 9.88. The molecule has 2 rings (SSSR count). The molecule has 1 N–H and O–H groups in total. The monoisotopic (exact) mass is 302 g/mol. The molecular formula is C13H13F3N2O3. The van der Waals surface area contributed by atoms with Crippen LogP contribution in [0.25, 0.3) is 0 Å². The predicted octanol–water partition coefficient (Wildman–Crippen LogP) is 2.40. The molecule has 1 atom stereocenters. The van der Waals surface area contributed by atoms with E-state index < -0.39 is 30.6 Å². The first kappa shape index (κ1) is 15.1. The van der Waals surface area contributed by atoms with E-state index in [0.717, 1.165) is 0 Å². The lowest BCUT2D eigenvalue weighted by Crippen LogP contribution is -2.42. The quantitative estimate of drug-likeness (QED) is 0.928. The number of carbonyl (C=O) groups excluding carboxylic acids is 2. The number of hydrogen-bond acceptors (Lipinski definition) is 4. The second-order valence-corrected chi connectivity index (χ2v) is 4.47. The summed E-state index contributed by atoms with van der Waals surface area (Å²) >= 11 is 0. The standard InChI is InChI=1S/C13H13F3N2O3/c14-13(15,16)10(17-9-4-2-1-3-5-9)8-11(19)18-6-7-21-12(18)20/h1-5,10,17H,6-8H2/t10-/m1/s1. The fraction of sp³-hybridized carbons (Fsp3) is 0.385. The first-order valence-corrected chi connectivity index (χ1v) is 6.23. The third kappa shape index (κ3) is 3.87. The molecule has 0 unspecified atom stereocenters. The number of para-hydroxylation sites is 1. The minimum Gasteiger partial charge on any atom is -0.447 e. The van der Waals surface area contributed by atoms with Crippen molar-refractivity contribution >= 4 is 17.7 Å². The van der Waals surface area contributed by atoms with Crippen LogP contribution in [0, 0.1) is 0 Å². The lowest BCUT2D eigenvalue weighted by molar-refractivity contribution is -0.153. The van der Waals surface area contributed by atoms with Crippen molar-refractivity contribution in [3.8, 4) is 0 Å². The Kier molecular flexibility index (Phi) is 4.35. The summed E-state index contributed by atoms with van der Waals surface area (Å²) in [6.45, 7) is -0.0129. The molecule has 0 spiro atoms. The molecule has 1 heterocycles. The Bertz CT molecular complexity index is 519. The maximum Gasteiger partial charge on any atom is 0.416 e. The molecule has 1 saturated heterocycles. The van der Waals surface area contributed by atoms with Gasteiger partial charge in [-0.05, 0) is 12.1 Å². The Morgan fingerprint density at radius 1 is 1.33 bits per heavy atom. The highest BCUT2D eigenvalue weighted by Crippen LogP contribution is 2.27. The average Bonchev–Trinajstić information content (AvgIpc) is 2.84. The van der Waals surface area contributed by atoms with Crippen molar-refractivity contribution in [2.75, 3.05) is 18.5 Å². The second-order valence-electron chi connectivity index (χ2n) is 4.47. The summed E-state index contributed by atoms with van der Waals surface area (Å²) in [5, 5.41) is 2.26. The number of benzene rings is 1. The van der Waals surface area contributed by atoms with E-state index in [1.807, 2.05) is 0 Å². The van der Waals surface area contributed by atoms with E-state index in [2.05, 4.69) is 10.1 Å². The predicted molar refractivity (Wildman–Crippen MR) is 67.6 cm³/mol. The van der Waals surface area contributed by atoms with Crippen LogP contribution in [-0.2, 0) is 9.53 Å². The van der Waals surface area contributed by atoms with Crippen molar-refractivity contribution in [2.45, 2.75) is 18.6 Å². The third-order valence-corrected chi connectivity index (χ3v) is 2.95. The zero-order chi connectivity index (χ0) is 15.5. The topological polar surface area (TPSA) is 58.6 Å². The number of imide groups is 1. The highest BCUT2D eigenvalue weighted by Gasteiger charge is 2.43. The van der Waals surface area contributed by atoms with Gasteiger partial charge in [0.25, 0.3) is 0 Å². The van der Waals surface area contributed by atoms with Gasteiger partial charge in [0, 0.05) is 5.69 Å². The van der Waals surface area contributed by atoms with Gasteiger partial charge in [0.1, 0.15) is 12.6 Å². The Morgan fingerprint density at radius 2 is 2.00 bits per heavy atom. The van der Waals surface area contributed by atoms with Gasteiger partial charge in [0.15, 0.2) is 0 Å². The van der Waals surface area contributed by atoms with Crippen LogP contribution in [0.4, 0.5) is 23.7 Å². The van der Waals surface area contributed by atoms with Crippen molar-refractivity contribution < 1.29 is 27.5 Å². The molecule has 0 aliphatic carbocycles. The molecule has 5 nitrogen and oxygen atoms in total. The highest BCUT2D eigenvalue weighted by atomic mass is 19.4. The lowest BCUT2D eigenvalue weighted by Gasteiger charge is -2.23. The van der Waals surface area contributed by atoms with Crippen molar-refractivity contribution in [1.29, 1.82) is 0 Å². The van der Waals surface area contributed by atoms with E-state index in [1.54, 1.807) is 18.2 Å². The average molecular weight is 302 g/mol. The minimum atomic E-state index is -4.62. The Labute approximate surface area is 118 Å². The van der Waals surface area contributed by atoms with E-state index >= 15 is 0 Å². The van der Waals surface area contributed by atoms with Crippen LogP contribution in [0.2, 0.25) is 0 Å². The van der Waals surface area contributed by atoms with Crippen LogP contribution in [0.5, 0.6) is 0 Å². The van der Waals surface area contributed by atoms with E-state index in [9.17, 15) is 22.8 Å². The summed E-state index contributed by atoms with van der Waals surface area (Å²) in [5.74, 6) is -0.914. The third-order valence-electron chi connectivity index (χ3n) is 2.95. The van der Waals surface area contributed by atoms with Crippen LogP contribution in [0.3, 0.4) is 0 Å². The lowest BCUT2D eigenvalue weighted by atomic mass is 10.1. The van der Waals surface area contributed by atoms with Crippen molar-refractivity contribution in [3.05, 3.63) is 30.3 Å². The van der Waals surface area contributed by atoms with E-state index in [1.165, 1.54) is 12.1 Å². The summed E-state index contributed by atoms with van der Waals surface area (Å²) < 4.78 is 43.5. The number of anilines is 1. The van der Waals surface area contributed by atoms with Crippen LogP contribution in [0.15, 0.2) is 30.3 Å². The van der Waals surface area contributed by atoms with Crippen molar-refractivity contribution in [2.24, 2.45) is 0 Å². The summed E-state index contributed by atoms with van der Waals surface area (Å²) in [6, 6.07) is 5.69. The summed E-state index contributed by atoms with van der Waals surface area (Å²) in [4.78, 5) is 23.7. The second kappa shape index (κ2) is 6.02. The first-order valence-electron chi connectivity index (χ1n) is 6.23. The molecule has 21 heavy (non-hydrogen) atoms. The summed E-state index contributed by atoms with van der Waals surface area (Å²) in [6.07, 6.45) is -6.39. The van der Waals surface area contributed by atoms with Gasteiger partial charge < -0.3 is 10.1 Å². The van der Waals surface area contributed by atoms with E-state index in [-0.39, 0.29) is 18.8 Å². The number of amides is 2. The fourth-order valence-corrected chi connectivity index (χ4v) is 1.89. The SMILES string of the molecule is O=C(C[C@@H](Nc1ccccc1)C(F)(F)F)N1CCOC1=O. The molecule has 1 aliphatic heterocycles. The molecule has 1 aliphatic rings. The normalized spacial score (nSPS) is 16.5. The summed E-state index contributed by atoms with van der Waals surface area (Å²) in [7, 11) is 0. The molecule has 8 heteroatoms. The summed E-state index contributed by atoms with van der Waals surface area (Å²) in [5.41, 5.74) is 0.247. The number of alkyl halides is 3. The molecule has 1 aromatic carbocycles. The minimum absolute atomic E-state index is 0.00731. The number of nitrogens with one attached hydrogen (secondary N) is 1. The van der Waals surface area contributed by atoms with Crippen molar-refractivity contribution in [3.63, 3.8) is 0 Å². The number of ether oxygens (including phenoxy) is 1. The smallest absolute Gasteiger partial charge is 0.416 e. The van der Waals surface area contributed by atoms with Crippen LogP contribution in [-0.4, -0.2) is 42.3 Å². The number of carbonyl (C=O) groups is 2. The van der Waals surface area contributed by atoms with Gasteiger partial charge in [-0.25, -0.2) is 9.69 Å². The van der Waals surface area contributed by atoms with Gasteiger partial charge in [-0.1, -0.05) is 18.2 Å². The van der Waals surface area contributed by atoms with Gasteiger partial charge in [-0.2, -0.15) is 13.2 Å². The van der Waals surface area contributed by atoms with Crippen LogP contribution >= 0.6 is 0 Å². The maximum absolute atomic E-state index is 13.0. The highest BCUT2D eigenvalue weighted by molar-refractivity contribution is 5.93. The molecule has 0 saturated carbocycles. The van der Waals surface area contributed by atoms with Crippen LogP contribution < -0.4 is 5.32 Å². The molecule has 2 amide bonds. The van der Waals surface area contributed by atoms with Gasteiger partial charge >= 0.3 is 12.3 Å². The Hall–Kier alpha value is -2.25. The Balaban J connectivity index is 2.06. The molecular weight excluding hydrogens is 289 g/mol. The number of nitrogens with zero attached hydrogens (tertiary/aromatic N) is 1. The number of cyclic esters (lactones) is 1.